The average Bonchev–Trinajstić information content (AvgIpc) is 3.03. The van der Waals surface area contributed by atoms with Gasteiger partial charge >= 0.3 is 0 Å². The lowest BCUT2D eigenvalue weighted by molar-refractivity contribution is 0.0901. The maximum atomic E-state index is 12.6. The van der Waals surface area contributed by atoms with E-state index in [0.29, 0.717) is 28.8 Å². The van der Waals surface area contributed by atoms with Crippen molar-refractivity contribution < 1.29 is 9.21 Å². The van der Waals surface area contributed by atoms with E-state index >= 15 is 0 Å². The number of aromatic nitrogens is 1. The topological polar surface area (TPSA) is 81.2 Å². The number of carbonyl (C=O) groups is 1. The van der Waals surface area contributed by atoms with Crippen molar-refractivity contribution in [2.75, 3.05) is 6.54 Å². The van der Waals surface area contributed by atoms with Crippen molar-refractivity contribution in [2.45, 2.75) is 46.6 Å². The van der Waals surface area contributed by atoms with Crippen LogP contribution in [0.3, 0.4) is 0 Å². The number of amides is 1. The normalized spacial score (nSPS) is 14.0. The van der Waals surface area contributed by atoms with Gasteiger partial charge in [0.1, 0.15) is 10.6 Å². The van der Waals surface area contributed by atoms with Gasteiger partial charge in [-0.2, -0.15) is 0 Å². The molecule has 5 nitrogen and oxygen atoms in total. The molecule has 0 bridgehead atoms. The van der Waals surface area contributed by atoms with Crippen molar-refractivity contribution in [2.24, 2.45) is 11.7 Å². The lowest BCUT2D eigenvalue weighted by Crippen LogP contribution is -2.52. The molecule has 1 atom stereocenters. The Morgan fingerprint density at radius 3 is 2.65 bits per heavy atom. The summed E-state index contributed by atoms with van der Waals surface area (Å²) in [5.74, 6) is 1.85. The fraction of sp³-hybridized carbons (Fsp3) is 0.529. The van der Waals surface area contributed by atoms with E-state index in [1.165, 1.54) is 11.3 Å². The summed E-state index contributed by atoms with van der Waals surface area (Å²) in [6.07, 6.45) is 0.831. The van der Waals surface area contributed by atoms with Crippen LogP contribution in [0, 0.1) is 19.8 Å². The minimum Gasteiger partial charge on any atom is -0.459 e. The molecule has 6 heteroatoms. The molecule has 0 aliphatic heterocycles. The van der Waals surface area contributed by atoms with Gasteiger partial charge in [-0.25, -0.2) is 4.98 Å². The molecule has 0 saturated heterocycles. The molecular formula is C17H25N3O2S. The molecule has 0 fully saturated rings. The van der Waals surface area contributed by atoms with E-state index in [0.717, 1.165) is 17.2 Å². The first-order chi connectivity index (χ1) is 10.7. The molecule has 0 spiro atoms. The van der Waals surface area contributed by atoms with Gasteiger partial charge in [-0.1, -0.05) is 13.8 Å². The van der Waals surface area contributed by atoms with Crippen LogP contribution < -0.4 is 11.1 Å². The van der Waals surface area contributed by atoms with E-state index in [9.17, 15) is 4.79 Å². The van der Waals surface area contributed by atoms with Gasteiger partial charge in [-0.15, -0.1) is 11.3 Å². The molecule has 0 aliphatic carbocycles. The lowest BCUT2D eigenvalue weighted by Gasteiger charge is -2.31. The van der Waals surface area contributed by atoms with Crippen LogP contribution in [0.5, 0.6) is 0 Å². The third kappa shape index (κ3) is 4.20. The van der Waals surface area contributed by atoms with Crippen LogP contribution in [0.25, 0.3) is 10.8 Å². The molecule has 0 saturated carbocycles. The third-order valence-electron chi connectivity index (χ3n) is 3.68. The molecule has 0 aromatic carbocycles. The van der Waals surface area contributed by atoms with Gasteiger partial charge in [0.15, 0.2) is 10.8 Å². The zero-order valence-corrected chi connectivity index (χ0v) is 15.2. The second kappa shape index (κ2) is 6.84. The number of aryl methyl sites for hydroxylation is 2. The zero-order chi connectivity index (χ0) is 17.2. The Morgan fingerprint density at radius 1 is 1.43 bits per heavy atom. The minimum absolute atomic E-state index is 0.122. The first kappa shape index (κ1) is 17.7. The van der Waals surface area contributed by atoms with Gasteiger partial charge < -0.3 is 15.5 Å². The Balaban J connectivity index is 2.21. The maximum Gasteiger partial charge on any atom is 0.263 e. The first-order valence-electron chi connectivity index (χ1n) is 7.81. The van der Waals surface area contributed by atoms with E-state index in [1.807, 2.05) is 32.9 Å². The van der Waals surface area contributed by atoms with Crippen molar-refractivity contribution in [1.29, 1.82) is 0 Å². The molecule has 23 heavy (non-hydrogen) atoms. The minimum atomic E-state index is -0.414. The van der Waals surface area contributed by atoms with Gasteiger partial charge in [-0.3, -0.25) is 4.79 Å². The van der Waals surface area contributed by atoms with Gasteiger partial charge in [-0.05, 0) is 45.2 Å². The standard InChI is InChI=1S/C17H25N3O2S/c1-10(2)8-17(5,9-18)20-15(21)14-12(4)19-16(23-14)13-7-6-11(3)22-13/h6-7,10H,8-9,18H2,1-5H3,(H,20,21). The zero-order valence-electron chi connectivity index (χ0n) is 14.4. The van der Waals surface area contributed by atoms with Crippen molar-refractivity contribution >= 4 is 17.2 Å². The average molecular weight is 335 g/mol. The van der Waals surface area contributed by atoms with Crippen LogP contribution in [0.15, 0.2) is 16.5 Å². The fourth-order valence-electron chi connectivity index (χ4n) is 2.68. The molecule has 1 amide bonds. The summed E-state index contributed by atoms with van der Waals surface area (Å²) in [6, 6.07) is 3.76. The summed E-state index contributed by atoms with van der Waals surface area (Å²) in [5.41, 5.74) is 6.17. The molecule has 2 aromatic rings. The van der Waals surface area contributed by atoms with E-state index < -0.39 is 5.54 Å². The van der Waals surface area contributed by atoms with Gasteiger partial charge in [0.2, 0.25) is 0 Å². The summed E-state index contributed by atoms with van der Waals surface area (Å²) in [5, 5.41) is 3.80. The van der Waals surface area contributed by atoms with Gasteiger partial charge in [0.25, 0.3) is 5.91 Å². The van der Waals surface area contributed by atoms with Crippen LogP contribution in [-0.4, -0.2) is 23.0 Å². The van der Waals surface area contributed by atoms with Crippen LogP contribution in [0.1, 0.15) is 48.3 Å². The highest BCUT2D eigenvalue weighted by molar-refractivity contribution is 7.17. The monoisotopic (exact) mass is 335 g/mol. The van der Waals surface area contributed by atoms with Crippen molar-refractivity contribution in [3.63, 3.8) is 0 Å². The van der Waals surface area contributed by atoms with E-state index in [4.69, 9.17) is 10.2 Å². The molecule has 126 valence electrons. The van der Waals surface area contributed by atoms with Crippen molar-refractivity contribution in [1.82, 2.24) is 10.3 Å². The molecule has 1 unspecified atom stereocenters. The Morgan fingerprint density at radius 2 is 2.13 bits per heavy atom. The number of nitrogens with zero attached hydrogens (tertiary/aromatic N) is 1. The number of furan rings is 1. The second-order valence-electron chi connectivity index (χ2n) is 6.66. The Labute approximate surface area is 141 Å². The predicted molar refractivity (Wildman–Crippen MR) is 93.7 cm³/mol. The number of nitrogens with two attached hydrogens (primary N) is 1. The number of hydrogen-bond acceptors (Lipinski definition) is 5. The molecule has 0 radical (unpaired) electrons. The Hall–Kier alpha value is -1.66. The van der Waals surface area contributed by atoms with Crippen molar-refractivity contribution in [3.05, 3.63) is 28.5 Å². The molecule has 2 heterocycles. The quantitative estimate of drug-likeness (QED) is 0.846. The lowest BCUT2D eigenvalue weighted by atomic mass is 9.90. The highest BCUT2D eigenvalue weighted by Gasteiger charge is 2.28. The predicted octanol–water partition coefficient (Wildman–Crippen LogP) is 3.51. The van der Waals surface area contributed by atoms with E-state index in [1.54, 1.807) is 0 Å². The Bertz CT molecular complexity index is 690. The number of thiazole rings is 1. The van der Waals surface area contributed by atoms with Gasteiger partial charge in [0, 0.05) is 6.54 Å². The maximum absolute atomic E-state index is 12.6. The molecule has 2 rings (SSSR count). The van der Waals surface area contributed by atoms with Crippen LogP contribution >= 0.6 is 11.3 Å². The molecular weight excluding hydrogens is 310 g/mol. The van der Waals surface area contributed by atoms with Crippen LogP contribution in [0.2, 0.25) is 0 Å². The summed E-state index contributed by atoms with van der Waals surface area (Å²) in [6.45, 7) is 10.4. The largest absolute Gasteiger partial charge is 0.459 e. The fourth-order valence-corrected chi connectivity index (χ4v) is 3.60. The summed E-state index contributed by atoms with van der Waals surface area (Å²) >= 11 is 1.35. The molecule has 3 N–H and O–H groups in total. The highest BCUT2D eigenvalue weighted by atomic mass is 32.1. The van der Waals surface area contributed by atoms with Crippen LogP contribution in [0.4, 0.5) is 0 Å². The van der Waals surface area contributed by atoms with E-state index in [-0.39, 0.29) is 5.91 Å². The summed E-state index contributed by atoms with van der Waals surface area (Å²) in [4.78, 5) is 17.7. The van der Waals surface area contributed by atoms with Gasteiger partial charge in [0.05, 0.1) is 11.2 Å². The number of hydrogen-bond donors (Lipinski definition) is 2. The molecule has 2 aromatic heterocycles. The smallest absolute Gasteiger partial charge is 0.263 e. The number of rotatable bonds is 6. The third-order valence-corrected chi connectivity index (χ3v) is 4.85. The molecule has 0 aliphatic rings. The number of carbonyl (C=O) groups excluding carboxylic acids is 1. The Kier molecular flexibility index (Phi) is 5.26. The summed E-state index contributed by atoms with van der Waals surface area (Å²) in [7, 11) is 0. The SMILES string of the molecule is Cc1ccc(-c2nc(C)c(C(=O)NC(C)(CN)CC(C)C)s2)o1. The van der Waals surface area contributed by atoms with E-state index in [2.05, 4.69) is 24.1 Å². The van der Waals surface area contributed by atoms with Crippen molar-refractivity contribution in [3.8, 4) is 10.8 Å². The summed E-state index contributed by atoms with van der Waals surface area (Å²) < 4.78 is 5.59. The van der Waals surface area contributed by atoms with Crippen LogP contribution in [-0.2, 0) is 0 Å². The number of nitrogens with one attached hydrogen (secondary N) is 1. The highest BCUT2D eigenvalue weighted by Crippen LogP contribution is 2.29. The first-order valence-corrected chi connectivity index (χ1v) is 8.62. The second-order valence-corrected chi connectivity index (χ2v) is 7.66.